The second-order valence-corrected chi connectivity index (χ2v) is 7.45. The lowest BCUT2D eigenvalue weighted by Crippen LogP contribution is -2.24. The highest BCUT2D eigenvalue weighted by Gasteiger charge is 2.19. The highest BCUT2D eigenvalue weighted by Crippen LogP contribution is 2.19. The van der Waals surface area contributed by atoms with Crippen molar-refractivity contribution in [2.24, 2.45) is 5.92 Å². The van der Waals surface area contributed by atoms with Crippen LogP contribution in [0.4, 0.5) is 5.82 Å². The summed E-state index contributed by atoms with van der Waals surface area (Å²) in [5.41, 5.74) is 3.92. The smallest absolute Gasteiger partial charge is 0.272 e. The lowest BCUT2D eigenvalue weighted by molar-refractivity contribution is -0.118. The van der Waals surface area contributed by atoms with Gasteiger partial charge >= 0.3 is 0 Å². The lowest BCUT2D eigenvalue weighted by atomic mass is 10.2. The molecule has 30 heavy (non-hydrogen) atoms. The van der Waals surface area contributed by atoms with Crippen LogP contribution in [0.1, 0.15) is 48.2 Å². The summed E-state index contributed by atoms with van der Waals surface area (Å²) in [5, 5.41) is 14.7. The zero-order valence-electron chi connectivity index (χ0n) is 18.1. The van der Waals surface area contributed by atoms with Crippen LogP contribution in [-0.2, 0) is 17.9 Å². The molecule has 0 atom stereocenters. The first-order chi connectivity index (χ1) is 14.3. The van der Waals surface area contributed by atoms with Gasteiger partial charge in [-0.3, -0.25) is 14.3 Å². The zero-order chi connectivity index (χ0) is 21.8. The molecule has 0 aliphatic rings. The summed E-state index contributed by atoms with van der Waals surface area (Å²) in [6, 6.07) is 11.0. The second-order valence-electron chi connectivity index (χ2n) is 7.45. The van der Waals surface area contributed by atoms with Crippen LogP contribution in [0, 0.1) is 19.8 Å². The summed E-state index contributed by atoms with van der Waals surface area (Å²) in [7, 11) is 0. The summed E-state index contributed by atoms with van der Waals surface area (Å²) < 4.78 is 3.49. The quantitative estimate of drug-likeness (QED) is 0.628. The summed E-state index contributed by atoms with van der Waals surface area (Å²) in [5.74, 6) is -0.191. The maximum atomic E-state index is 12.8. The van der Waals surface area contributed by atoms with Crippen molar-refractivity contribution in [2.75, 3.05) is 5.32 Å². The fourth-order valence-electron chi connectivity index (χ4n) is 3.17. The Kier molecular flexibility index (Phi) is 6.34. The number of carbonyl (C=O) groups is 2. The highest BCUT2D eigenvalue weighted by molar-refractivity contribution is 5.96. The first kappa shape index (κ1) is 21.3. The molecule has 1 aromatic carbocycles. The minimum atomic E-state index is -0.312. The van der Waals surface area contributed by atoms with Crippen LogP contribution in [-0.4, -0.2) is 31.4 Å². The normalized spacial score (nSPS) is 11.0. The molecule has 158 valence electrons. The summed E-state index contributed by atoms with van der Waals surface area (Å²) >= 11 is 0. The lowest BCUT2D eigenvalue weighted by Gasteiger charge is -2.10. The second kappa shape index (κ2) is 8.94. The van der Waals surface area contributed by atoms with E-state index in [1.807, 2.05) is 69.6 Å². The van der Waals surface area contributed by atoms with Crippen molar-refractivity contribution < 1.29 is 9.59 Å². The van der Waals surface area contributed by atoms with Crippen LogP contribution >= 0.6 is 0 Å². The van der Waals surface area contributed by atoms with E-state index in [4.69, 9.17) is 0 Å². The molecule has 2 heterocycles. The number of nitrogens with zero attached hydrogens (tertiary/aromatic N) is 4. The Balaban J connectivity index is 1.85. The number of benzene rings is 1. The number of anilines is 1. The van der Waals surface area contributed by atoms with E-state index in [-0.39, 0.29) is 23.4 Å². The van der Waals surface area contributed by atoms with Gasteiger partial charge in [0.05, 0.1) is 11.4 Å². The van der Waals surface area contributed by atoms with Gasteiger partial charge in [-0.05, 0) is 32.9 Å². The van der Waals surface area contributed by atoms with Gasteiger partial charge in [0.1, 0.15) is 5.82 Å². The molecule has 3 rings (SSSR count). The minimum absolute atomic E-state index is 0.141. The highest BCUT2D eigenvalue weighted by atomic mass is 16.2. The van der Waals surface area contributed by atoms with Gasteiger partial charge in [-0.2, -0.15) is 10.2 Å². The predicted molar refractivity (Wildman–Crippen MR) is 116 cm³/mol. The molecule has 0 saturated heterocycles. The number of aryl methyl sites for hydroxylation is 2. The van der Waals surface area contributed by atoms with Gasteiger partial charge in [0, 0.05) is 36.3 Å². The summed E-state index contributed by atoms with van der Waals surface area (Å²) in [6.45, 7) is 10.7. The fraction of sp³-hybridized carbons (Fsp3) is 0.364. The van der Waals surface area contributed by atoms with Gasteiger partial charge in [0.15, 0.2) is 5.69 Å². The molecule has 0 spiro atoms. The summed E-state index contributed by atoms with van der Waals surface area (Å²) in [6.07, 6.45) is 0. The molecule has 0 saturated carbocycles. The molecular weight excluding hydrogens is 380 g/mol. The molecule has 0 fully saturated rings. The van der Waals surface area contributed by atoms with E-state index in [2.05, 4.69) is 20.8 Å². The molecule has 0 radical (unpaired) electrons. The molecule has 0 aliphatic carbocycles. The fourth-order valence-corrected chi connectivity index (χ4v) is 3.17. The Bertz CT molecular complexity index is 1050. The molecule has 2 amide bonds. The van der Waals surface area contributed by atoms with Gasteiger partial charge in [-0.15, -0.1) is 0 Å². The number of rotatable bonds is 7. The third kappa shape index (κ3) is 4.42. The predicted octanol–water partition coefficient (Wildman–Crippen LogP) is 3.23. The number of hydrogen-bond acceptors (Lipinski definition) is 4. The Labute approximate surface area is 176 Å². The van der Waals surface area contributed by atoms with Crippen molar-refractivity contribution in [3.8, 4) is 5.69 Å². The van der Waals surface area contributed by atoms with Gasteiger partial charge in [0.25, 0.3) is 5.91 Å². The average molecular weight is 409 g/mol. The third-order valence-electron chi connectivity index (χ3n) is 4.98. The van der Waals surface area contributed by atoms with Crippen molar-refractivity contribution in [2.45, 2.75) is 47.7 Å². The van der Waals surface area contributed by atoms with E-state index >= 15 is 0 Å². The van der Waals surface area contributed by atoms with Crippen LogP contribution in [0.25, 0.3) is 5.69 Å². The van der Waals surface area contributed by atoms with Crippen molar-refractivity contribution >= 4 is 17.6 Å². The van der Waals surface area contributed by atoms with Gasteiger partial charge in [-0.25, -0.2) is 4.68 Å². The Hall–Kier alpha value is -3.42. The number of carbonyl (C=O) groups excluding carboxylic acids is 2. The molecule has 8 nitrogen and oxygen atoms in total. The van der Waals surface area contributed by atoms with E-state index in [1.54, 1.807) is 10.7 Å². The van der Waals surface area contributed by atoms with Gasteiger partial charge in [-0.1, -0.05) is 32.0 Å². The number of amides is 2. The average Bonchev–Trinajstić information content (AvgIpc) is 3.27. The zero-order valence-corrected chi connectivity index (χ0v) is 18.1. The van der Waals surface area contributed by atoms with Crippen molar-refractivity contribution in [3.63, 3.8) is 0 Å². The van der Waals surface area contributed by atoms with Crippen LogP contribution in [0.2, 0.25) is 0 Å². The molecular formula is C22H28N6O2. The molecule has 2 aromatic heterocycles. The van der Waals surface area contributed by atoms with Crippen LogP contribution < -0.4 is 10.6 Å². The number of para-hydroxylation sites is 1. The Morgan fingerprint density at radius 1 is 1.10 bits per heavy atom. The Morgan fingerprint density at radius 3 is 2.40 bits per heavy atom. The number of aromatic nitrogens is 4. The van der Waals surface area contributed by atoms with Crippen LogP contribution in [0.3, 0.4) is 0 Å². The van der Waals surface area contributed by atoms with E-state index in [1.165, 1.54) is 0 Å². The number of hydrogen-bond donors (Lipinski definition) is 2. The molecule has 0 bridgehead atoms. The van der Waals surface area contributed by atoms with E-state index in [0.717, 1.165) is 29.2 Å². The van der Waals surface area contributed by atoms with Crippen LogP contribution in [0.15, 0.2) is 36.4 Å². The molecule has 3 aromatic rings. The Morgan fingerprint density at radius 2 is 1.80 bits per heavy atom. The number of nitrogens with one attached hydrogen (secondary N) is 2. The summed E-state index contributed by atoms with van der Waals surface area (Å²) in [4.78, 5) is 25.0. The molecule has 2 N–H and O–H groups in total. The molecule has 8 heteroatoms. The SMILES string of the molecule is CCn1nc(C)c(CNC(=O)c2cc(NC(=O)C(C)C)n(-c3ccccc3)n2)c1C. The van der Waals surface area contributed by atoms with Crippen molar-refractivity contribution in [1.82, 2.24) is 24.9 Å². The van der Waals surface area contributed by atoms with Gasteiger partial charge in [0.2, 0.25) is 5.91 Å². The van der Waals surface area contributed by atoms with Gasteiger partial charge < -0.3 is 10.6 Å². The topological polar surface area (TPSA) is 93.8 Å². The van der Waals surface area contributed by atoms with E-state index in [0.29, 0.717) is 12.4 Å². The maximum absolute atomic E-state index is 12.8. The first-order valence-electron chi connectivity index (χ1n) is 10.1. The third-order valence-corrected chi connectivity index (χ3v) is 4.98. The van der Waals surface area contributed by atoms with Crippen LogP contribution in [0.5, 0.6) is 0 Å². The minimum Gasteiger partial charge on any atom is -0.346 e. The first-order valence-corrected chi connectivity index (χ1v) is 10.1. The standard InChI is InChI=1S/C22H28N6O2/c1-6-27-16(5)18(15(4)25-27)13-23-22(30)19-12-20(24-21(29)14(2)3)28(26-19)17-10-8-7-9-11-17/h7-12,14H,6,13H2,1-5H3,(H,23,30)(H,24,29). The van der Waals surface area contributed by atoms with E-state index in [9.17, 15) is 9.59 Å². The largest absolute Gasteiger partial charge is 0.346 e. The molecule has 0 aliphatic heterocycles. The monoisotopic (exact) mass is 408 g/mol. The van der Waals surface area contributed by atoms with Crippen molar-refractivity contribution in [3.05, 3.63) is 59.0 Å². The van der Waals surface area contributed by atoms with E-state index < -0.39 is 0 Å². The molecule has 0 unspecified atom stereocenters. The maximum Gasteiger partial charge on any atom is 0.272 e. The van der Waals surface area contributed by atoms with Crippen molar-refractivity contribution in [1.29, 1.82) is 0 Å².